The Morgan fingerprint density at radius 3 is 2.23 bits per heavy atom. The van der Waals surface area contributed by atoms with Crippen molar-refractivity contribution in [2.24, 2.45) is 17.3 Å². The van der Waals surface area contributed by atoms with Gasteiger partial charge in [0, 0.05) is 5.92 Å². The number of rotatable bonds is 7. The molecule has 3 nitrogen and oxygen atoms in total. The van der Waals surface area contributed by atoms with E-state index in [1.54, 1.807) is 0 Å². The minimum Gasteiger partial charge on any atom is -0.351 e. The van der Waals surface area contributed by atoms with E-state index in [4.69, 9.17) is 9.47 Å². The smallest absolute Gasteiger partial charge is 0.160 e. The zero-order valence-electron chi connectivity index (χ0n) is 14.5. The maximum Gasteiger partial charge on any atom is 0.160 e. The van der Waals surface area contributed by atoms with Gasteiger partial charge in [-0.2, -0.15) is 5.26 Å². The molecule has 1 aliphatic heterocycles. The van der Waals surface area contributed by atoms with Crippen LogP contribution in [0.4, 0.5) is 0 Å². The summed E-state index contributed by atoms with van der Waals surface area (Å²) in [6.07, 6.45) is 12.4. The minimum atomic E-state index is -0.400. The highest BCUT2D eigenvalue weighted by Gasteiger charge is 2.39. The number of nitriles is 1. The molecule has 0 unspecified atom stereocenters. The van der Waals surface area contributed by atoms with E-state index >= 15 is 0 Å². The molecule has 0 amide bonds. The molecule has 0 atom stereocenters. The first-order valence-corrected chi connectivity index (χ1v) is 9.37. The van der Waals surface area contributed by atoms with Gasteiger partial charge in [-0.15, -0.1) is 0 Å². The molecule has 22 heavy (non-hydrogen) atoms. The Morgan fingerprint density at radius 2 is 1.68 bits per heavy atom. The van der Waals surface area contributed by atoms with Crippen molar-refractivity contribution in [2.75, 3.05) is 13.2 Å². The van der Waals surface area contributed by atoms with Crippen molar-refractivity contribution in [1.82, 2.24) is 0 Å². The number of unbranched alkanes of at least 4 members (excludes halogenated alkanes) is 2. The van der Waals surface area contributed by atoms with Gasteiger partial charge in [-0.05, 0) is 38.0 Å². The summed E-state index contributed by atoms with van der Waals surface area (Å²) in [5.41, 5.74) is -0.400. The molecular formula is C19H33NO2. The van der Waals surface area contributed by atoms with Gasteiger partial charge in [-0.25, -0.2) is 0 Å². The van der Waals surface area contributed by atoms with E-state index < -0.39 is 5.41 Å². The molecule has 0 radical (unpaired) electrons. The van der Waals surface area contributed by atoms with Gasteiger partial charge >= 0.3 is 0 Å². The molecule has 3 heteroatoms. The molecule has 2 fully saturated rings. The lowest BCUT2D eigenvalue weighted by atomic mass is 9.79. The van der Waals surface area contributed by atoms with Crippen molar-refractivity contribution >= 4 is 0 Å². The molecule has 0 spiro atoms. The van der Waals surface area contributed by atoms with Crippen molar-refractivity contribution in [3.8, 4) is 6.07 Å². The molecule has 0 aromatic heterocycles. The van der Waals surface area contributed by atoms with Gasteiger partial charge in [-0.1, -0.05) is 46.0 Å². The number of nitrogens with zero attached hydrogens (tertiary/aromatic N) is 1. The summed E-state index contributed by atoms with van der Waals surface area (Å²) in [5, 5.41) is 9.40. The molecular weight excluding hydrogens is 274 g/mol. The largest absolute Gasteiger partial charge is 0.351 e. The quantitative estimate of drug-likeness (QED) is 0.618. The van der Waals surface area contributed by atoms with Crippen LogP contribution in [0.15, 0.2) is 0 Å². The van der Waals surface area contributed by atoms with Crippen LogP contribution in [0.1, 0.15) is 78.1 Å². The van der Waals surface area contributed by atoms with Crippen LogP contribution >= 0.6 is 0 Å². The van der Waals surface area contributed by atoms with Gasteiger partial charge in [0.2, 0.25) is 0 Å². The average Bonchev–Trinajstić information content (AvgIpc) is 2.57. The molecule has 0 aromatic carbocycles. The van der Waals surface area contributed by atoms with Crippen LogP contribution in [0.3, 0.4) is 0 Å². The SMILES string of the molecule is CCCCCC1CCC(C2OCC(C#N)(CCC)CO2)CC1. The van der Waals surface area contributed by atoms with Crippen LogP contribution < -0.4 is 0 Å². The van der Waals surface area contributed by atoms with E-state index in [0.29, 0.717) is 19.1 Å². The van der Waals surface area contributed by atoms with Gasteiger partial charge in [0.25, 0.3) is 0 Å². The molecule has 1 saturated carbocycles. The molecule has 0 N–H and O–H groups in total. The first-order valence-electron chi connectivity index (χ1n) is 9.37. The summed E-state index contributed by atoms with van der Waals surface area (Å²) in [6.45, 7) is 5.50. The monoisotopic (exact) mass is 307 g/mol. The molecule has 1 heterocycles. The van der Waals surface area contributed by atoms with E-state index in [0.717, 1.165) is 18.8 Å². The van der Waals surface area contributed by atoms with Gasteiger partial charge in [0.15, 0.2) is 6.29 Å². The molecule has 126 valence electrons. The second-order valence-electron chi connectivity index (χ2n) is 7.41. The summed E-state index contributed by atoms with van der Waals surface area (Å²) >= 11 is 0. The van der Waals surface area contributed by atoms with Gasteiger partial charge in [0.05, 0.1) is 19.3 Å². The van der Waals surface area contributed by atoms with Crippen LogP contribution in [-0.2, 0) is 9.47 Å². The zero-order valence-corrected chi connectivity index (χ0v) is 14.5. The predicted octanol–water partition coefficient (Wildman–Crippen LogP) is 5.06. The standard InChI is InChI=1S/C19H33NO2/c1-3-5-6-7-16-8-10-17(11-9-16)18-21-14-19(13-20,12-4-2)15-22-18/h16-18H,3-12,14-15H2,1-2H3. The highest BCUT2D eigenvalue weighted by atomic mass is 16.7. The normalized spacial score (nSPS) is 36.0. The van der Waals surface area contributed by atoms with E-state index in [9.17, 15) is 5.26 Å². The maximum atomic E-state index is 9.40. The fourth-order valence-corrected chi connectivity index (χ4v) is 4.02. The van der Waals surface area contributed by atoms with E-state index in [1.807, 2.05) is 0 Å². The molecule has 0 aromatic rings. The van der Waals surface area contributed by atoms with Gasteiger partial charge < -0.3 is 9.47 Å². The van der Waals surface area contributed by atoms with Crippen LogP contribution in [-0.4, -0.2) is 19.5 Å². The first kappa shape index (κ1) is 17.8. The number of ether oxygens (including phenoxy) is 2. The third-order valence-corrected chi connectivity index (χ3v) is 5.51. The van der Waals surface area contributed by atoms with E-state index in [1.165, 1.54) is 51.4 Å². The summed E-state index contributed by atoms with van der Waals surface area (Å²) < 4.78 is 11.9. The summed E-state index contributed by atoms with van der Waals surface area (Å²) in [4.78, 5) is 0. The van der Waals surface area contributed by atoms with Crippen LogP contribution in [0, 0.1) is 28.6 Å². The predicted molar refractivity (Wildman–Crippen MR) is 88.2 cm³/mol. The van der Waals surface area contributed by atoms with E-state index in [-0.39, 0.29) is 6.29 Å². The fourth-order valence-electron chi connectivity index (χ4n) is 4.02. The Morgan fingerprint density at radius 1 is 1.00 bits per heavy atom. The molecule has 0 bridgehead atoms. The Labute approximate surface area is 136 Å². The lowest BCUT2D eigenvalue weighted by molar-refractivity contribution is -0.244. The fraction of sp³-hybridized carbons (Fsp3) is 0.947. The average molecular weight is 307 g/mol. The minimum absolute atomic E-state index is 0.0603. The number of hydrogen-bond acceptors (Lipinski definition) is 3. The summed E-state index contributed by atoms with van der Waals surface area (Å²) in [7, 11) is 0. The molecule has 2 aliphatic rings. The van der Waals surface area contributed by atoms with E-state index in [2.05, 4.69) is 19.9 Å². The van der Waals surface area contributed by atoms with Crippen molar-refractivity contribution in [3.63, 3.8) is 0 Å². The topological polar surface area (TPSA) is 42.2 Å². The Hall–Kier alpha value is -0.590. The molecule has 1 aliphatic carbocycles. The lowest BCUT2D eigenvalue weighted by Crippen LogP contribution is -2.44. The molecule has 2 rings (SSSR count). The second-order valence-corrected chi connectivity index (χ2v) is 7.41. The zero-order chi connectivity index (χ0) is 15.8. The summed E-state index contributed by atoms with van der Waals surface area (Å²) in [6, 6.07) is 2.43. The maximum absolute atomic E-state index is 9.40. The van der Waals surface area contributed by atoms with Crippen LogP contribution in [0.2, 0.25) is 0 Å². The van der Waals surface area contributed by atoms with Gasteiger partial charge in [-0.3, -0.25) is 0 Å². The highest BCUT2D eigenvalue weighted by Crippen LogP contribution is 2.38. The van der Waals surface area contributed by atoms with Gasteiger partial charge in [0.1, 0.15) is 5.41 Å². The Kier molecular flexibility index (Phi) is 7.18. The number of hydrogen-bond donors (Lipinski definition) is 0. The Balaban J connectivity index is 1.71. The second kappa shape index (κ2) is 8.89. The van der Waals surface area contributed by atoms with Crippen molar-refractivity contribution in [2.45, 2.75) is 84.3 Å². The summed E-state index contributed by atoms with van der Waals surface area (Å²) in [5.74, 6) is 1.46. The third kappa shape index (κ3) is 4.70. The van der Waals surface area contributed by atoms with Crippen LogP contribution in [0.25, 0.3) is 0 Å². The van der Waals surface area contributed by atoms with Crippen molar-refractivity contribution in [1.29, 1.82) is 5.26 Å². The first-order chi connectivity index (χ1) is 10.7. The third-order valence-electron chi connectivity index (χ3n) is 5.51. The Bertz CT molecular complexity index is 347. The lowest BCUT2D eigenvalue weighted by Gasteiger charge is -2.40. The highest BCUT2D eigenvalue weighted by molar-refractivity contribution is 5.00. The molecule has 1 saturated heterocycles. The van der Waals surface area contributed by atoms with Crippen molar-refractivity contribution in [3.05, 3.63) is 0 Å². The van der Waals surface area contributed by atoms with Crippen LogP contribution in [0.5, 0.6) is 0 Å². The van der Waals surface area contributed by atoms with Crippen molar-refractivity contribution < 1.29 is 9.47 Å².